The van der Waals surface area contributed by atoms with E-state index in [0.717, 1.165) is 11.3 Å². The van der Waals surface area contributed by atoms with Crippen LogP contribution in [0.25, 0.3) is 12.2 Å². The molecule has 2 heterocycles. The van der Waals surface area contributed by atoms with Crippen LogP contribution >= 0.6 is 0 Å². The molecule has 0 amide bonds. The molecule has 0 radical (unpaired) electrons. The summed E-state index contributed by atoms with van der Waals surface area (Å²) in [4.78, 5) is 11.9. The second-order valence-corrected chi connectivity index (χ2v) is 2.75. The van der Waals surface area contributed by atoms with E-state index in [2.05, 4.69) is 15.0 Å². The maximum atomic E-state index is 4.08. The van der Waals surface area contributed by atoms with Crippen molar-refractivity contribution < 1.29 is 0 Å². The molecule has 0 aliphatic heterocycles. The minimum absolute atomic E-state index is 0.892. The van der Waals surface area contributed by atoms with Gasteiger partial charge in [0.15, 0.2) is 0 Å². The van der Waals surface area contributed by atoms with Gasteiger partial charge in [0.05, 0.1) is 5.69 Å². The van der Waals surface area contributed by atoms with Crippen LogP contribution in [0.1, 0.15) is 11.3 Å². The van der Waals surface area contributed by atoms with Crippen molar-refractivity contribution in [3.05, 3.63) is 54.4 Å². The Bertz CT molecular complexity index is 368. The molecule has 2 aromatic rings. The first-order valence-electron chi connectivity index (χ1n) is 4.29. The lowest BCUT2D eigenvalue weighted by molar-refractivity contribution is 1.15. The van der Waals surface area contributed by atoms with E-state index in [4.69, 9.17) is 0 Å². The molecular formula is C11H9N3. The van der Waals surface area contributed by atoms with Crippen LogP contribution in [0.15, 0.2) is 43.1 Å². The second kappa shape index (κ2) is 4.28. The van der Waals surface area contributed by atoms with E-state index in [9.17, 15) is 0 Å². The van der Waals surface area contributed by atoms with Crippen molar-refractivity contribution in [1.29, 1.82) is 0 Å². The number of rotatable bonds is 2. The van der Waals surface area contributed by atoms with Gasteiger partial charge in [0.1, 0.15) is 6.33 Å². The predicted octanol–water partition coefficient (Wildman–Crippen LogP) is 2.04. The molecule has 2 rings (SSSR count). The van der Waals surface area contributed by atoms with Gasteiger partial charge in [0.25, 0.3) is 0 Å². The molecule has 3 nitrogen and oxygen atoms in total. The molecule has 0 N–H and O–H groups in total. The Morgan fingerprint density at radius 2 is 2.00 bits per heavy atom. The number of nitrogens with zero attached hydrogens (tertiary/aromatic N) is 3. The van der Waals surface area contributed by atoms with Gasteiger partial charge in [-0.3, -0.25) is 4.98 Å². The fraction of sp³-hybridized carbons (Fsp3) is 0. The highest BCUT2D eigenvalue weighted by molar-refractivity contribution is 5.67. The first-order valence-corrected chi connectivity index (χ1v) is 4.29. The molecule has 0 saturated carbocycles. The molecule has 0 bridgehead atoms. The second-order valence-electron chi connectivity index (χ2n) is 2.75. The van der Waals surface area contributed by atoms with E-state index < -0.39 is 0 Å². The van der Waals surface area contributed by atoms with E-state index >= 15 is 0 Å². The van der Waals surface area contributed by atoms with Gasteiger partial charge in [-0.05, 0) is 23.8 Å². The SMILES string of the molecule is C(=Cc1ccncn1)c1cccnc1. The van der Waals surface area contributed by atoms with E-state index in [1.165, 1.54) is 6.33 Å². The Kier molecular flexibility index (Phi) is 2.62. The molecule has 0 fully saturated rings. The van der Waals surface area contributed by atoms with Gasteiger partial charge in [-0.25, -0.2) is 9.97 Å². The first kappa shape index (κ1) is 8.56. The van der Waals surface area contributed by atoms with Gasteiger partial charge >= 0.3 is 0 Å². The largest absolute Gasteiger partial charge is 0.264 e. The predicted molar refractivity (Wildman–Crippen MR) is 55.2 cm³/mol. The summed E-state index contributed by atoms with van der Waals surface area (Å²) in [5.74, 6) is 0. The minimum Gasteiger partial charge on any atom is -0.264 e. The van der Waals surface area contributed by atoms with Crippen molar-refractivity contribution in [3.63, 3.8) is 0 Å². The lowest BCUT2D eigenvalue weighted by Crippen LogP contribution is -1.80. The van der Waals surface area contributed by atoms with Crippen molar-refractivity contribution in [2.24, 2.45) is 0 Å². The molecule has 14 heavy (non-hydrogen) atoms. The van der Waals surface area contributed by atoms with Gasteiger partial charge < -0.3 is 0 Å². The summed E-state index contributed by atoms with van der Waals surface area (Å²) in [6.07, 6.45) is 10.7. The molecule has 0 aliphatic carbocycles. The zero-order valence-corrected chi connectivity index (χ0v) is 7.54. The van der Waals surface area contributed by atoms with Crippen LogP contribution in [0.5, 0.6) is 0 Å². The summed E-state index contributed by atoms with van der Waals surface area (Å²) in [5.41, 5.74) is 1.95. The molecule has 0 atom stereocenters. The Morgan fingerprint density at radius 1 is 1.00 bits per heavy atom. The van der Waals surface area contributed by atoms with Crippen LogP contribution in [0.2, 0.25) is 0 Å². The maximum absolute atomic E-state index is 4.08. The van der Waals surface area contributed by atoms with Crippen LogP contribution in [0.3, 0.4) is 0 Å². The van der Waals surface area contributed by atoms with Crippen LogP contribution in [0.4, 0.5) is 0 Å². The van der Waals surface area contributed by atoms with Gasteiger partial charge in [0.2, 0.25) is 0 Å². The molecule has 0 unspecified atom stereocenters. The fourth-order valence-corrected chi connectivity index (χ4v) is 1.06. The molecule has 68 valence electrons. The number of pyridine rings is 1. The van der Waals surface area contributed by atoms with Crippen molar-refractivity contribution in [3.8, 4) is 0 Å². The molecular weight excluding hydrogens is 174 g/mol. The smallest absolute Gasteiger partial charge is 0.115 e. The third-order valence-electron chi connectivity index (χ3n) is 1.74. The highest BCUT2D eigenvalue weighted by Crippen LogP contribution is 2.03. The summed E-state index contributed by atoms with van der Waals surface area (Å²) in [6, 6.07) is 5.75. The van der Waals surface area contributed by atoms with Crippen LogP contribution < -0.4 is 0 Å². The average Bonchev–Trinajstić information content (AvgIpc) is 2.29. The minimum atomic E-state index is 0.892. The van der Waals surface area contributed by atoms with Gasteiger partial charge in [-0.2, -0.15) is 0 Å². The van der Waals surface area contributed by atoms with Gasteiger partial charge in [-0.1, -0.05) is 12.1 Å². The summed E-state index contributed by atoms with van der Waals surface area (Å²) in [6.45, 7) is 0. The molecule has 0 aliphatic rings. The molecule has 3 heteroatoms. The van der Waals surface area contributed by atoms with Crippen LogP contribution in [-0.4, -0.2) is 15.0 Å². The Balaban J connectivity index is 2.16. The van der Waals surface area contributed by atoms with Crippen LogP contribution in [0, 0.1) is 0 Å². The topological polar surface area (TPSA) is 38.7 Å². The highest BCUT2D eigenvalue weighted by Gasteiger charge is 1.86. The summed E-state index contributed by atoms with van der Waals surface area (Å²) >= 11 is 0. The Morgan fingerprint density at radius 3 is 2.71 bits per heavy atom. The van der Waals surface area contributed by atoms with Crippen molar-refractivity contribution in [1.82, 2.24) is 15.0 Å². The Labute approximate surface area is 82.2 Å². The summed E-state index contributed by atoms with van der Waals surface area (Å²) in [7, 11) is 0. The summed E-state index contributed by atoms with van der Waals surface area (Å²) < 4.78 is 0. The van der Waals surface area contributed by atoms with Gasteiger partial charge in [0, 0.05) is 18.6 Å². The first-order chi connectivity index (χ1) is 6.95. The summed E-state index contributed by atoms with van der Waals surface area (Å²) in [5, 5.41) is 0. The van der Waals surface area contributed by atoms with Crippen molar-refractivity contribution in [2.75, 3.05) is 0 Å². The van der Waals surface area contributed by atoms with E-state index in [0.29, 0.717) is 0 Å². The monoisotopic (exact) mass is 183 g/mol. The highest BCUT2D eigenvalue weighted by atomic mass is 14.8. The quantitative estimate of drug-likeness (QED) is 0.715. The lowest BCUT2D eigenvalue weighted by Gasteiger charge is -1.91. The fourth-order valence-electron chi connectivity index (χ4n) is 1.06. The van der Waals surface area contributed by atoms with E-state index in [1.54, 1.807) is 18.6 Å². The molecule has 2 aromatic heterocycles. The third kappa shape index (κ3) is 2.23. The standard InChI is InChI=1S/C11H9N3/c1-2-10(8-12-6-1)3-4-11-5-7-13-9-14-11/h1-9H. The number of aromatic nitrogens is 3. The maximum Gasteiger partial charge on any atom is 0.115 e. The van der Waals surface area contributed by atoms with E-state index in [1.807, 2.05) is 30.4 Å². The molecule has 0 saturated heterocycles. The molecule has 0 spiro atoms. The van der Waals surface area contributed by atoms with Crippen molar-refractivity contribution in [2.45, 2.75) is 0 Å². The van der Waals surface area contributed by atoms with E-state index in [-0.39, 0.29) is 0 Å². The number of hydrogen-bond donors (Lipinski definition) is 0. The zero-order valence-electron chi connectivity index (χ0n) is 7.54. The van der Waals surface area contributed by atoms with Gasteiger partial charge in [-0.15, -0.1) is 0 Å². The third-order valence-corrected chi connectivity index (χ3v) is 1.74. The number of hydrogen-bond acceptors (Lipinski definition) is 3. The van der Waals surface area contributed by atoms with Crippen LogP contribution in [-0.2, 0) is 0 Å². The zero-order chi connectivity index (χ0) is 9.64. The Hall–Kier alpha value is -2.03. The average molecular weight is 183 g/mol. The normalized spacial score (nSPS) is 10.6. The van der Waals surface area contributed by atoms with Crippen molar-refractivity contribution >= 4 is 12.2 Å². The molecule has 0 aromatic carbocycles. The lowest BCUT2D eigenvalue weighted by atomic mass is 10.2.